The number of pyridine rings is 1. The van der Waals surface area contributed by atoms with Gasteiger partial charge in [0.25, 0.3) is 0 Å². The van der Waals surface area contributed by atoms with Gasteiger partial charge in [0, 0.05) is 43.2 Å². The quantitative estimate of drug-likeness (QED) is 0.636. The first-order chi connectivity index (χ1) is 13.8. The maximum Gasteiger partial charge on any atom is 0.433 e. The summed E-state index contributed by atoms with van der Waals surface area (Å²) in [6.07, 6.45) is 1.01. The van der Waals surface area contributed by atoms with Crippen LogP contribution < -0.4 is 0 Å². The lowest BCUT2D eigenvalue weighted by molar-refractivity contribution is -0.142. The van der Waals surface area contributed by atoms with Gasteiger partial charge in [0.2, 0.25) is 0 Å². The first-order valence-corrected chi connectivity index (χ1v) is 9.90. The average Bonchev–Trinajstić information content (AvgIpc) is 3.11. The summed E-state index contributed by atoms with van der Waals surface area (Å²) in [5, 5.41) is 4.34. The number of nitrogens with zero attached hydrogens (tertiary/aromatic N) is 5. The maximum atomic E-state index is 13.6. The van der Waals surface area contributed by atoms with Crippen LogP contribution in [0.5, 0.6) is 0 Å². The molecular formula is C21H24F3N5. The van der Waals surface area contributed by atoms with E-state index in [1.54, 1.807) is 12.3 Å². The summed E-state index contributed by atoms with van der Waals surface area (Å²) < 4.78 is 41.8. The van der Waals surface area contributed by atoms with Crippen LogP contribution >= 0.6 is 0 Å². The van der Waals surface area contributed by atoms with Gasteiger partial charge >= 0.3 is 6.18 Å². The van der Waals surface area contributed by atoms with E-state index in [0.717, 1.165) is 48.6 Å². The van der Waals surface area contributed by atoms with E-state index in [9.17, 15) is 13.2 Å². The van der Waals surface area contributed by atoms with Gasteiger partial charge in [-0.1, -0.05) is 19.9 Å². The molecule has 0 aliphatic carbocycles. The fraction of sp³-hybridized carbons (Fsp3) is 0.476. The molecule has 1 fully saturated rings. The molecule has 5 nitrogen and oxygen atoms in total. The highest BCUT2D eigenvalue weighted by Gasteiger charge is 2.36. The van der Waals surface area contributed by atoms with Gasteiger partial charge in [-0.05, 0) is 43.0 Å². The van der Waals surface area contributed by atoms with Gasteiger partial charge in [0.15, 0.2) is 5.65 Å². The Morgan fingerprint density at radius 2 is 2.07 bits per heavy atom. The molecule has 0 unspecified atom stereocenters. The van der Waals surface area contributed by atoms with Crippen molar-refractivity contribution in [3.63, 3.8) is 0 Å². The first-order valence-electron chi connectivity index (χ1n) is 9.90. The first kappa shape index (κ1) is 19.8. The normalized spacial score (nSPS) is 18.6. The van der Waals surface area contributed by atoms with Crippen molar-refractivity contribution >= 4 is 5.65 Å². The zero-order valence-electron chi connectivity index (χ0n) is 16.5. The molecule has 1 saturated heterocycles. The van der Waals surface area contributed by atoms with E-state index in [1.807, 2.05) is 32.2 Å². The van der Waals surface area contributed by atoms with Gasteiger partial charge in [-0.2, -0.15) is 18.3 Å². The number of piperidine rings is 1. The van der Waals surface area contributed by atoms with Crippen molar-refractivity contribution in [2.24, 2.45) is 0 Å². The monoisotopic (exact) mass is 403 g/mol. The largest absolute Gasteiger partial charge is 0.433 e. The molecule has 0 bridgehead atoms. The molecule has 0 saturated carbocycles. The predicted octanol–water partition coefficient (Wildman–Crippen LogP) is 4.65. The van der Waals surface area contributed by atoms with Crippen molar-refractivity contribution < 1.29 is 13.2 Å². The van der Waals surface area contributed by atoms with Crippen molar-refractivity contribution in [3.05, 3.63) is 59.3 Å². The SMILES string of the molecule is CC(C)c1cc(C(F)(F)F)n2nc([C@@H]3CCCN(Cc4cccnc4)C3)cc2n1. The summed E-state index contributed by atoms with van der Waals surface area (Å²) in [4.78, 5) is 10.9. The molecule has 154 valence electrons. The lowest BCUT2D eigenvalue weighted by Crippen LogP contribution is -2.34. The summed E-state index contributed by atoms with van der Waals surface area (Å²) in [5.41, 5.74) is 1.74. The molecule has 1 atom stereocenters. The summed E-state index contributed by atoms with van der Waals surface area (Å²) in [6, 6.07) is 6.79. The Morgan fingerprint density at radius 1 is 1.24 bits per heavy atom. The van der Waals surface area contributed by atoms with Gasteiger partial charge in [0.05, 0.1) is 5.69 Å². The zero-order chi connectivity index (χ0) is 20.6. The van der Waals surface area contributed by atoms with Crippen LogP contribution in [0.2, 0.25) is 0 Å². The lowest BCUT2D eigenvalue weighted by atomic mass is 9.94. The van der Waals surface area contributed by atoms with Crippen molar-refractivity contribution in [2.45, 2.75) is 51.2 Å². The minimum absolute atomic E-state index is 0.0886. The molecule has 29 heavy (non-hydrogen) atoms. The van der Waals surface area contributed by atoms with Crippen molar-refractivity contribution in [3.8, 4) is 0 Å². The molecule has 1 aliphatic heterocycles. The number of rotatable bonds is 4. The number of fused-ring (bicyclic) bond motifs is 1. The Balaban J connectivity index is 1.63. The highest BCUT2D eigenvalue weighted by molar-refractivity contribution is 5.44. The summed E-state index contributed by atoms with van der Waals surface area (Å²) >= 11 is 0. The highest BCUT2D eigenvalue weighted by Crippen LogP contribution is 2.33. The Labute approximate surface area is 167 Å². The molecule has 1 aliphatic rings. The van der Waals surface area contributed by atoms with Crippen molar-refractivity contribution in [2.75, 3.05) is 13.1 Å². The lowest BCUT2D eigenvalue weighted by Gasteiger charge is -2.31. The van der Waals surface area contributed by atoms with E-state index in [4.69, 9.17) is 0 Å². The molecule has 4 rings (SSSR count). The standard InChI is InChI=1S/C21H24F3N5/c1-14(2)17-9-19(21(22,23)24)29-20(26-17)10-18(27-29)16-6-4-8-28(13-16)12-15-5-3-7-25-11-15/h3,5,7,9-11,14,16H,4,6,8,12-13H2,1-2H3/t16-/m1/s1. The van der Waals surface area contributed by atoms with Crippen LogP contribution in [0.4, 0.5) is 13.2 Å². The fourth-order valence-electron chi connectivity index (χ4n) is 3.90. The Bertz CT molecular complexity index is 981. The zero-order valence-corrected chi connectivity index (χ0v) is 16.5. The van der Waals surface area contributed by atoms with E-state index in [0.29, 0.717) is 11.4 Å². The topological polar surface area (TPSA) is 46.3 Å². The Kier molecular flexibility index (Phi) is 5.29. The van der Waals surface area contributed by atoms with Crippen LogP contribution in [0.1, 0.15) is 61.2 Å². The third kappa shape index (κ3) is 4.27. The highest BCUT2D eigenvalue weighted by atomic mass is 19.4. The van der Waals surface area contributed by atoms with Gasteiger partial charge in [0.1, 0.15) is 5.69 Å². The molecule has 3 aromatic rings. The van der Waals surface area contributed by atoms with E-state index in [2.05, 4.69) is 20.0 Å². The molecular weight excluding hydrogens is 379 g/mol. The van der Waals surface area contributed by atoms with Crippen LogP contribution in [0.15, 0.2) is 36.7 Å². The summed E-state index contributed by atoms with van der Waals surface area (Å²) in [6.45, 7) is 6.18. The fourth-order valence-corrected chi connectivity index (χ4v) is 3.90. The Morgan fingerprint density at radius 3 is 2.76 bits per heavy atom. The third-order valence-corrected chi connectivity index (χ3v) is 5.40. The van der Waals surface area contributed by atoms with Crippen LogP contribution in [0.25, 0.3) is 5.65 Å². The number of alkyl halides is 3. The van der Waals surface area contributed by atoms with Gasteiger partial charge in [-0.15, -0.1) is 0 Å². The molecule has 0 amide bonds. The second kappa shape index (κ2) is 7.74. The number of halogens is 3. The minimum Gasteiger partial charge on any atom is -0.298 e. The number of hydrogen-bond acceptors (Lipinski definition) is 4. The van der Waals surface area contributed by atoms with Crippen molar-refractivity contribution in [1.29, 1.82) is 0 Å². The van der Waals surface area contributed by atoms with E-state index in [1.165, 1.54) is 0 Å². The van der Waals surface area contributed by atoms with E-state index >= 15 is 0 Å². The van der Waals surface area contributed by atoms with Gasteiger partial charge in [-0.3, -0.25) is 9.88 Å². The number of aromatic nitrogens is 4. The molecule has 0 N–H and O–H groups in total. The number of hydrogen-bond donors (Lipinski definition) is 0. The third-order valence-electron chi connectivity index (χ3n) is 5.40. The van der Waals surface area contributed by atoms with E-state index < -0.39 is 11.9 Å². The molecule has 3 aromatic heterocycles. The second-order valence-corrected chi connectivity index (χ2v) is 7.99. The van der Waals surface area contributed by atoms with Crippen LogP contribution in [0, 0.1) is 0 Å². The van der Waals surface area contributed by atoms with Crippen LogP contribution in [-0.2, 0) is 12.7 Å². The molecule has 8 heteroatoms. The molecule has 4 heterocycles. The molecule has 0 spiro atoms. The Hall–Kier alpha value is -2.48. The molecule has 0 radical (unpaired) electrons. The smallest absolute Gasteiger partial charge is 0.298 e. The maximum absolute atomic E-state index is 13.6. The van der Waals surface area contributed by atoms with Crippen LogP contribution in [0.3, 0.4) is 0 Å². The second-order valence-electron chi connectivity index (χ2n) is 7.99. The predicted molar refractivity (Wildman–Crippen MR) is 104 cm³/mol. The summed E-state index contributed by atoms with van der Waals surface area (Å²) in [5.74, 6) is -0.00481. The molecule has 0 aromatic carbocycles. The van der Waals surface area contributed by atoms with Crippen LogP contribution in [-0.4, -0.2) is 37.6 Å². The van der Waals surface area contributed by atoms with Gasteiger partial charge in [-0.25, -0.2) is 9.50 Å². The summed E-state index contributed by atoms with van der Waals surface area (Å²) in [7, 11) is 0. The van der Waals surface area contributed by atoms with Gasteiger partial charge < -0.3 is 0 Å². The van der Waals surface area contributed by atoms with Crippen molar-refractivity contribution in [1.82, 2.24) is 24.5 Å². The minimum atomic E-state index is -4.48. The number of likely N-dealkylation sites (tertiary alicyclic amines) is 1. The van der Waals surface area contributed by atoms with E-state index in [-0.39, 0.29) is 17.5 Å². The average molecular weight is 403 g/mol.